The van der Waals surface area contributed by atoms with Crippen LogP contribution in [-0.4, -0.2) is 40.2 Å². The molecule has 0 saturated carbocycles. The molecule has 20 heavy (non-hydrogen) atoms. The third-order valence-corrected chi connectivity index (χ3v) is 3.52. The number of hydrogen-bond acceptors (Lipinski definition) is 3. The van der Waals surface area contributed by atoms with Gasteiger partial charge in [0.2, 0.25) is 0 Å². The second-order valence-electron chi connectivity index (χ2n) is 4.88. The molecule has 2 heterocycles. The normalized spacial score (nSPS) is 18.4. The lowest BCUT2D eigenvalue weighted by Crippen LogP contribution is -2.30. The van der Waals surface area contributed by atoms with Crippen molar-refractivity contribution in [3.63, 3.8) is 0 Å². The molecule has 3 rings (SSSR count). The second-order valence-corrected chi connectivity index (χ2v) is 4.88. The smallest absolute Gasteiger partial charge is 0.407 e. The van der Waals surface area contributed by atoms with Crippen molar-refractivity contribution in [1.82, 2.24) is 9.88 Å². The highest BCUT2D eigenvalue weighted by molar-refractivity contribution is 5.91. The average Bonchev–Trinajstić information content (AvgIpc) is 2.88. The van der Waals surface area contributed by atoms with Crippen LogP contribution in [0.5, 0.6) is 0 Å². The highest BCUT2D eigenvalue weighted by Gasteiger charge is 2.25. The first-order valence-electron chi connectivity index (χ1n) is 6.42. The Hall–Kier alpha value is -2.37. The lowest BCUT2D eigenvalue weighted by atomic mass is 10.1. The molecule has 1 aliphatic heterocycles. The minimum Gasteiger partial charge on any atom is -0.465 e. The number of carbonyl (C=O) groups is 1. The maximum atomic E-state index is 13.4. The Morgan fingerprint density at radius 3 is 3.05 bits per heavy atom. The van der Waals surface area contributed by atoms with Crippen molar-refractivity contribution in [1.29, 1.82) is 0 Å². The minimum atomic E-state index is -0.903. The number of hydrogen-bond donors (Lipinski definition) is 2. The van der Waals surface area contributed by atoms with Crippen LogP contribution < -0.4 is 5.32 Å². The highest BCUT2D eigenvalue weighted by Crippen LogP contribution is 2.24. The number of rotatable bonds is 2. The number of nitrogens with one attached hydrogen (secondary N) is 1. The third-order valence-electron chi connectivity index (χ3n) is 3.52. The van der Waals surface area contributed by atoms with Crippen LogP contribution in [0, 0.1) is 5.82 Å². The van der Waals surface area contributed by atoms with Crippen molar-refractivity contribution in [2.75, 3.05) is 18.4 Å². The fraction of sp³-hybridized carbons (Fsp3) is 0.286. The summed E-state index contributed by atoms with van der Waals surface area (Å²) in [4.78, 5) is 16.5. The van der Waals surface area contributed by atoms with E-state index < -0.39 is 6.09 Å². The number of pyridine rings is 1. The number of aromatic nitrogens is 1. The molecule has 1 amide bonds. The van der Waals surface area contributed by atoms with Crippen LogP contribution in [0.1, 0.15) is 6.42 Å². The van der Waals surface area contributed by atoms with Gasteiger partial charge in [0.05, 0.1) is 5.52 Å². The summed E-state index contributed by atoms with van der Waals surface area (Å²) in [6, 6.07) is 6.27. The Morgan fingerprint density at radius 2 is 2.30 bits per heavy atom. The minimum absolute atomic E-state index is 0.0416. The van der Waals surface area contributed by atoms with Crippen molar-refractivity contribution >= 4 is 22.7 Å². The van der Waals surface area contributed by atoms with E-state index in [1.54, 1.807) is 18.3 Å². The Bertz CT molecular complexity index is 662. The molecule has 2 aromatic rings. The Balaban J connectivity index is 1.85. The van der Waals surface area contributed by atoms with E-state index in [9.17, 15) is 9.18 Å². The molecule has 1 atom stereocenters. The quantitative estimate of drug-likeness (QED) is 0.884. The molecule has 1 aliphatic rings. The molecule has 2 N–H and O–H groups in total. The second kappa shape index (κ2) is 4.96. The third kappa shape index (κ3) is 2.36. The van der Waals surface area contributed by atoms with Crippen molar-refractivity contribution in [2.24, 2.45) is 0 Å². The van der Waals surface area contributed by atoms with Crippen LogP contribution in [0.4, 0.5) is 14.9 Å². The predicted molar refractivity (Wildman–Crippen MR) is 73.3 cm³/mol. The summed E-state index contributed by atoms with van der Waals surface area (Å²) in [6.45, 7) is 0.957. The molecule has 104 valence electrons. The van der Waals surface area contributed by atoms with Gasteiger partial charge in [0, 0.05) is 36.4 Å². The van der Waals surface area contributed by atoms with E-state index in [0.29, 0.717) is 24.0 Å². The van der Waals surface area contributed by atoms with E-state index in [1.165, 1.54) is 17.0 Å². The molecule has 0 spiro atoms. The van der Waals surface area contributed by atoms with Crippen molar-refractivity contribution in [3.05, 3.63) is 36.3 Å². The molecular formula is C14H14FN3O2. The van der Waals surface area contributed by atoms with Crippen molar-refractivity contribution in [3.8, 4) is 0 Å². The zero-order valence-corrected chi connectivity index (χ0v) is 10.7. The summed E-state index contributed by atoms with van der Waals surface area (Å²) in [6.07, 6.45) is 1.50. The summed E-state index contributed by atoms with van der Waals surface area (Å²) in [5.74, 6) is -0.313. The van der Waals surface area contributed by atoms with Gasteiger partial charge in [-0.1, -0.05) is 0 Å². The van der Waals surface area contributed by atoms with Gasteiger partial charge in [-0.2, -0.15) is 0 Å². The van der Waals surface area contributed by atoms with Gasteiger partial charge in [0.25, 0.3) is 0 Å². The largest absolute Gasteiger partial charge is 0.465 e. The highest BCUT2D eigenvalue weighted by atomic mass is 19.1. The topological polar surface area (TPSA) is 65.5 Å². The predicted octanol–water partition coefficient (Wildman–Crippen LogP) is 2.54. The van der Waals surface area contributed by atoms with Gasteiger partial charge < -0.3 is 15.3 Å². The van der Waals surface area contributed by atoms with E-state index >= 15 is 0 Å². The van der Waals surface area contributed by atoms with Crippen molar-refractivity contribution < 1.29 is 14.3 Å². The average molecular weight is 275 g/mol. The van der Waals surface area contributed by atoms with Gasteiger partial charge in [-0.05, 0) is 30.7 Å². The summed E-state index contributed by atoms with van der Waals surface area (Å²) >= 11 is 0. The van der Waals surface area contributed by atoms with Crippen LogP contribution >= 0.6 is 0 Å². The Morgan fingerprint density at radius 1 is 1.45 bits per heavy atom. The van der Waals surface area contributed by atoms with Crippen LogP contribution in [0.15, 0.2) is 30.5 Å². The van der Waals surface area contributed by atoms with Crippen LogP contribution in [0.25, 0.3) is 10.9 Å². The first-order chi connectivity index (χ1) is 9.63. The number of fused-ring (bicyclic) bond motifs is 1. The summed E-state index contributed by atoms with van der Waals surface area (Å²) in [7, 11) is 0. The van der Waals surface area contributed by atoms with Gasteiger partial charge in [0.1, 0.15) is 5.82 Å². The van der Waals surface area contributed by atoms with E-state index in [1.807, 2.05) is 0 Å². The summed E-state index contributed by atoms with van der Waals surface area (Å²) in [5.41, 5.74) is 1.50. The van der Waals surface area contributed by atoms with Gasteiger partial charge in [-0.15, -0.1) is 0 Å². The molecule has 0 bridgehead atoms. The lowest BCUT2D eigenvalue weighted by Gasteiger charge is -2.16. The maximum absolute atomic E-state index is 13.4. The number of carboxylic acid groups (broad SMARTS) is 1. The number of amides is 1. The molecule has 1 saturated heterocycles. The zero-order valence-electron chi connectivity index (χ0n) is 10.7. The summed E-state index contributed by atoms with van der Waals surface area (Å²) < 4.78 is 13.4. The van der Waals surface area contributed by atoms with Gasteiger partial charge >= 0.3 is 6.09 Å². The number of likely N-dealkylation sites (tertiary alicyclic amines) is 1. The molecule has 1 aromatic carbocycles. The van der Waals surface area contributed by atoms with Crippen LogP contribution in [0.3, 0.4) is 0 Å². The molecule has 5 nitrogen and oxygen atoms in total. The monoisotopic (exact) mass is 275 g/mol. The standard InChI is InChI=1S/C14H14FN3O2/c15-9-1-2-12-11(7-9)13(3-5-16-12)17-10-4-6-18(8-10)14(19)20/h1-3,5,7,10H,4,6,8H2,(H,16,17)(H,19,20). The molecule has 1 aromatic heterocycles. The fourth-order valence-corrected chi connectivity index (χ4v) is 2.52. The first kappa shape index (κ1) is 12.7. The summed E-state index contributed by atoms with van der Waals surface area (Å²) in [5, 5.41) is 12.9. The lowest BCUT2D eigenvalue weighted by molar-refractivity contribution is 0.155. The molecule has 0 aliphatic carbocycles. The number of nitrogens with zero attached hydrogens (tertiary/aromatic N) is 2. The molecular weight excluding hydrogens is 261 g/mol. The Kier molecular flexibility index (Phi) is 3.14. The van der Waals surface area contributed by atoms with E-state index in [0.717, 1.165) is 12.1 Å². The first-order valence-corrected chi connectivity index (χ1v) is 6.42. The van der Waals surface area contributed by atoms with E-state index in [-0.39, 0.29) is 11.9 Å². The number of halogens is 1. The molecule has 0 radical (unpaired) electrons. The maximum Gasteiger partial charge on any atom is 0.407 e. The number of anilines is 1. The number of benzene rings is 1. The molecule has 6 heteroatoms. The molecule has 1 fully saturated rings. The zero-order chi connectivity index (χ0) is 14.1. The van der Waals surface area contributed by atoms with Gasteiger partial charge in [-0.25, -0.2) is 9.18 Å². The van der Waals surface area contributed by atoms with Crippen LogP contribution in [-0.2, 0) is 0 Å². The fourth-order valence-electron chi connectivity index (χ4n) is 2.52. The Labute approximate surface area is 115 Å². The van der Waals surface area contributed by atoms with Crippen molar-refractivity contribution in [2.45, 2.75) is 12.5 Å². The van der Waals surface area contributed by atoms with Crippen LogP contribution in [0.2, 0.25) is 0 Å². The SMILES string of the molecule is O=C(O)N1CCC(Nc2ccnc3ccc(F)cc23)C1. The van der Waals surface area contributed by atoms with E-state index in [4.69, 9.17) is 5.11 Å². The molecule has 1 unspecified atom stereocenters. The van der Waals surface area contributed by atoms with E-state index in [2.05, 4.69) is 10.3 Å². The van der Waals surface area contributed by atoms with Gasteiger partial charge in [-0.3, -0.25) is 4.98 Å². The van der Waals surface area contributed by atoms with Gasteiger partial charge in [0.15, 0.2) is 0 Å².